The smallest absolute Gasteiger partial charge is 0.265 e. The zero-order valence-corrected chi connectivity index (χ0v) is 13.4. The van der Waals surface area contributed by atoms with Gasteiger partial charge >= 0.3 is 0 Å². The van der Waals surface area contributed by atoms with E-state index in [1.807, 2.05) is 6.07 Å². The van der Waals surface area contributed by atoms with E-state index in [0.29, 0.717) is 5.75 Å². The second-order valence-corrected chi connectivity index (χ2v) is 6.85. The predicted octanol–water partition coefficient (Wildman–Crippen LogP) is 2.08. The Hall–Kier alpha value is -3.05. The molecule has 0 radical (unpaired) electrons. The zero-order valence-electron chi connectivity index (χ0n) is 12.6. The molecule has 1 aliphatic heterocycles. The van der Waals surface area contributed by atoms with Crippen LogP contribution in [0.2, 0.25) is 0 Å². The number of anilines is 2. The van der Waals surface area contributed by atoms with Gasteiger partial charge in [0.1, 0.15) is 11.8 Å². The van der Waals surface area contributed by atoms with Crippen molar-refractivity contribution in [2.75, 3.05) is 10.0 Å². The molecule has 122 valence electrons. The van der Waals surface area contributed by atoms with E-state index >= 15 is 0 Å². The summed E-state index contributed by atoms with van der Waals surface area (Å²) in [5.41, 5.74) is 0.686. The first-order valence-electron chi connectivity index (χ1n) is 7.04. The maximum Gasteiger partial charge on any atom is 0.265 e. The van der Waals surface area contributed by atoms with Gasteiger partial charge in [0.15, 0.2) is 6.10 Å². The third-order valence-electron chi connectivity index (χ3n) is 3.48. The van der Waals surface area contributed by atoms with E-state index < -0.39 is 16.1 Å². The highest BCUT2D eigenvalue weighted by Crippen LogP contribution is 2.32. The number of nitrogens with zero attached hydrogens (tertiary/aromatic N) is 1. The highest BCUT2D eigenvalue weighted by atomic mass is 32.2. The van der Waals surface area contributed by atoms with Crippen LogP contribution in [0.15, 0.2) is 47.4 Å². The van der Waals surface area contributed by atoms with Gasteiger partial charge in [-0.2, -0.15) is 5.26 Å². The van der Waals surface area contributed by atoms with E-state index in [1.54, 1.807) is 19.1 Å². The van der Waals surface area contributed by atoms with Gasteiger partial charge in [-0.15, -0.1) is 0 Å². The molecule has 24 heavy (non-hydrogen) atoms. The number of rotatable bonds is 3. The molecule has 0 fully saturated rings. The summed E-state index contributed by atoms with van der Waals surface area (Å²) < 4.78 is 32.8. The first-order valence-corrected chi connectivity index (χ1v) is 8.52. The number of carbonyl (C=O) groups excluding carboxylic acids is 1. The van der Waals surface area contributed by atoms with Gasteiger partial charge in [0, 0.05) is 0 Å². The summed E-state index contributed by atoms with van der Waals surface area (Å²) >= 11 is 0. The molecular formula is C16H13N3O4S. The van der Waals surface area contributed by atoms with Gasteiger partial charge in [-0.25, -0.2) is 8.42 Å². The molecule has 2 aromatic carbocycles. The number of hydrogen-bond donors (Lipinski definition) is 2. The lowest BCUT2D eigenvalue weighted by atomic mass is 10.2. The maximum absolute atomic E-state index is 12.5. The minimum atomic E-state index is -3.92. The monoisotopic (exact) mass is 343 g/mol. The van der Waals surface area contributed by atoms with Crippen molar-refractivity contribution >= 4 is 27.3 Å². The number of carbonyl (C=O) groups is 1. The molecule has 7 nitrogen and oxygen atoms in total. The second-order valence-electron chi connectivity index (χ2n) is 5.17. The Morgan fingerprint density at radius 1 is 1.25 bits per heavy atom. The molecule has 0 bridgehead atoms. The lowest BCUT2D eigenvalue weighted by molar-refractivity contribution is -0.122. The number of hydrogen-bond acceptors (Lipinski definition) is 5. The maximum atomic E-state index is 12.5. The van der Waals surface area contributed by atoms with Crippen molar-refractivity contribution in [1.29, 1.82) is 5.26 Å². The van der Waals surface area contributed by atoms with Gasteiger partial charge in [0.05, 0.1) is 21.8 Å². The second kappa shape index (κ2) is 5.86. The van der Waals surface area contributed by atoms with Crippen molar-refractivity contribution in [3.05, 3.63) is 48.0 Å². The molecule has 3 rings (SSSR count). The van der Waals surface area contributed by atoms with Crippen LogP contribution in [0.1, 0.15) is 12.5 Å². The van der Waals surface area contributed by atoms with Crippen molar-refractivity contribution in [2.24, 2.45) is 0 Å². The summed E-state index contributed by atoms with van der Waals surface area (Å²) in [4.78, 5) is 11.6. The average molecular weight is 343 g/mol. The summed E-state index contributed by atoms with van der Waals surface area (Å²) in [6, 6.07) is 12.4. The highest BCUT2D eigenvalue weighted by Gasteiger charge is 2.25. The van der Waals surface area contributed by atoms with Crippen LogP contribution in [0, 0.1) is 11.3 Å². The normalized spacial score (nSPS) is 16.3. The van der Waals surface area contributed by atoms with E-state index in [9.17, 15) is 13.2 Å². The van der Waals surface area contributed by atoms with Crippen molar-refractivity contribution < 1.29 is 17.9 Å². The Kier molecular flexibility index (Phi) is 3.87. The van der Waals surface area contributed by atoms with Crippen LogP contribution in [0.4, 0.5) is 11.4 Å². The molecule has 0 saturated heterocycles. The largest absolute Gasteiger partial charge is 0.479 e. The van der Waals surface area contributed by atoms with E-state index in [2.05, 4.69) is 10.0 Å². The number of nitriles is 1. The van der Waals surface area contributed by atoms with Gasteiger partial charge in [0.2, 0.25) is 0 Å². The summed E-state index contributed by atoms with van der Waals surface area (Å²) in [7, 11) is -3.92. The topological polar surface area (TPSA) is 108 Å². The highest BCUT2D eigenvalue weighted by molar-refractivity contribution is 7.92. The molecule has 0 saturated carbocycles. The van der Waals surface area contributed by atoms with Crippen molar-refractivity contribution in [2.45, 2.75) is 17.9 Å². The number of para-hydroxylation sites is 1. The molecule has 2 aromatic rings. The van der Waals surface area contributed by atoms with Gasteiger partial charge in [-0.05, 0) is 37.3 Å². The minimum Gasteiger partial charge on any atom is -0.479 e. The summed E-state index contributed by atoms with van der Waals surface area (Å²) in [6.07, 6.45) is -0.638. The number of fused-ring (bicyclic) bond motifs is 1. The van der Waals surface area contributed by atoms with Gasteiger partial charge in [-0.1, -0.05) is 12.1 Å². The Morgan fingerprint density at radius 3 is 2.75 bits per heavy atom. The van der Waals surface area contributed by atoms with Crippen LogP contribution in [0.3, 0.4) is 0 Å². The van der Waals surface area contributed by atoms with Crippen LogP contribution in [-0.2, 0) is 14.8 Å². The standard InChI is InChI=1S/C16H13N3O4S/c1-10-16(20)18-14-8-12(6-7-15(14)23-10)24(21,22)19-13-5-3-2-4-11(13)9-17/h2-8,10,19H,1H3,(H,18,20). The predicted molar refractivity (Wildman–Crippen MR) is 87.1 cm³/mol. The Morgan fingerprint density at radius 2 is 2.00 bits per heavy atom. The number of benzene rings is 2. The van der Waals surface area contributed by atoms with E-state index in [0.717, 1.165) is 0 Å². The first kappa shape index (κ1) is 15.8. The van der Waals surface area contributed by atoms with Crippen LogP contribution < -0.4 is 14.8 Å². The molecule has 0 aliphatic carbocycles. The minimum absolute atomic E-state index is 0.0487. The Bertz CT molecular complexity index is 964. The molecule has 2 N–H and O–H groups in total. The van der Waals surface area contributed by atoms with E-state index in [1.165, 1.54) is 30.3 Å². The van der Waals surface area contributed by atoms with Gasteiger partial charge < -0.3 is 10.1 Å². The molecule has 0 spiro atoms. The Labute approximate surface area is 138 Å². The number of nitrogens with one attached hydrogen (secondary N) is 2. The van der Waals surface area contributed by atoms with E-state index in [-0.39, 0.29) is 27.7 Å². The van der Waals surface area contributed by atoms with Gasteiger partial charge in [-0.3, -0.25) is 9.52 Å². The molecule has 0 aromatic heterocycles. The molecular weight excluding hydrogens is 330 g/mol. The molecule has 1 atom stereocenters. The Balaban J connectivity index is 1.95. The summed E-state index contributed by atoms with van der Waals surface area (Å²) in [6.45, 7) is 1.60. The van der Waals surface area contributed by atoms with Crippen LogP contribution in [-0.4, -0.2) is 20.4 Å². The molecule has 8 heteroatoms. The number of ether oxygens (including phenoxy) is 1. The molecule has 1 aliphatic rings. The zero-order chi connectivity index (χ0) is 17.3. The SMILES string of the molecule is CC1Oc2ccc(S(=O)(=O)Nc3ccccc3C#N)cc2NC1=O. The van der Waals surface area contributed by atoms with Crippen LogP contribution in [0.5, 0.6) is 5.75 Å². The van der Waals surface area contributed by atoms with Crippen LogP contribution >= 0.6 is 0 Å². The van der Waals surface area contributed by atoms with Crippen molar-refractivity contribution in [3.8, 4) is 11.8 Å². The van der Waals surface area contributed by atoms with Crippen molar-refractivity contribution in [3.63, 3.8) is 0 Å². The first-order chi connectivity index (χ1) is 11.4. The molecule has 1 unspecified atom stereocenters. The fourth-order valence-electron chi connectivity index (χ4n) is 2.23. The lowest BCUT2D eigenvalue weighted by Gasteiger charge is -2.23. The van der Waals surface area contributed by atoms with Gasteiger partial charge in [0.25, 0.3) is 15.9 Å². The summed E-state index contributed by atoms with van der Waals surface area (Å²) in [5, 5.41) is 11.6. The van der Waals surface area contributed by atoms with Crippen LogP contribution in [0.25, 0.3) is 0 Å². The average Bonchev–Trinajstić information content (AvgIpc) is 2.55. The third kappa shape index (κ3) is 2.89. The van der Waals surface area contributed by atoms with Crippen molar-refractivity contribution in [1.82, 2.24) is 0 Å². The summed E-state index contributed by atoms with van der Waals surface area (Å²) in [5.74, 6) is 0.0540. The fraction of sp³-hybridized carbons (Fsp3) is 0.125. The lowest BCUT2D eigenvalue weighted by Crippen LogP contribution is -2.34. The molecule has 1 heterocycles. The quantitative estimate of drug-likeness (QED) is 0.887. The number of sulfonamides is 1. The van der Waals surface area contributed by atoms with E-state index in [4.69, 9.17) is 10.00 Å². The third-order valence-corrected chi connectivity index (χ3v) is 4.85. The number of amides is 1. The fourth-order valence-corrected chi connectivity index (χ4v) is 3.33. The molecule has 1 amide bonds.